The number of ketones is 1. The highest BCUT2D eigenvalue weighted by atomic mass is 16.2. The van der Waals surface area contributed by atoms with Crippen molar-refractivity contribution in [3.05, 3.63) is 29.6 Å². The molecule has 0 bridgehead atoms. The van der Waals surface area contributed by atoms with Crippen molar-refractivity contribution in [2.45, 2.75) is 27.2 Å². The fraction of sp³-hybridized carbons (Fsp3) is 0.417. The third kappa shape index (κ3) is 1.60. The number of rotatable bonds is 1. The van der Waals surface area contributed by atoms with E-state index >= 15 is 0 Å². The number of hydrogen-bond acceptors (Lipinski definition) is 3. The highest BCUT2D eigenvalue weighted by Crippen LogP contribution is 2.23. The SMILES string of the molecule is CC(C)(C)C(=O)C1=CCc2ccnn2C1=O. The number of carbonyl (C=O) groups excluding carboxylic acids is 2. The van der Waals surface area contributed by atoms with Crippen LogP contribution in [0.25, 0.3) is 0 Å². The van der Waals surface area contributed by atoms with Gasteiger partial charge in [0.25, 0.3) is 5.91 Å². The molecule has 0 spiro atoms. The van der Waals surface area contributed by atoms with Crippen molar-refractivity contribution >= 4 is 11.7 Å². The first-order valence-corrected chi connectivity index (χ1v) is 5.24. The van der Waals surface area contributed by atoms with Gasteiger partial charge < -0.3 is 0 Å². The first kappa shape index (κ1) is 10.8. The van der Waals surface area contributed by atoms with Crippen LogP contribution in [0.3, 0.4) is 0 Å². The van der Waals surface area contributed by atoms with E-state index in [-0.39, 0.29) is 17.3 Å². The molecule has 0 N–H and O–H groups in total. The summed E-state index contributed by atoms with van der Waals surface area (Å²) in [5.74, 6) is -0.440. The molecule has 2 heterocycles. The number of nitrogens with zero attached hydrogens (tertiary/aromatic N) is 2. The molecule has 0 aromatic carbocycles. The number of carbonyl (C=O) groups is 2. The van der Waals surface area contributed by atoms with E-state index in [1.54, 1.807) is 18.3 Å². The quantitative estimate of drug-likeness (QED) is 0.673. The molecule has 0 fully saturated rings. The van der Waals surface area contributed by atoms with Gasteiger partial charge >= 0.3 is 0 Å². The van der Waals surface area contributed by atoms with Crippen LogP contribution in [-0.4, -0.2) is 21.5 Å². The van der Waals surface area contributed by atoms with Crippen molar-refractivity contribution in [3.8, 4) is 0 Å². The Morgan fingerprint density at radius 1 is 1.44 bits per heavy atom. The van der Waals surface area contributed by atoms with E-state index in [2.05, 4.69) is 5.10 Å². The molecule has 84 valence electrons. The molecule has 16 heavy (non-hydrogen) atoms. The summed E-state index contributed by atoms with van der Waals surface area (Å²) in [6, 6.07) is 1.78. The molecule has 4 nitrogen and oxygen atoms in total. The molecule has 1 aromatic rings. The Bertz CT molecular complexity index is 489. The van der Waals surface area contributed by atoms with Crippen LogP contribution in [0.15, 0.2) is 23.9 Å². The predicted molar refractivity (Wildman–Crippen MR) is 59.1 cm³/mol. The number of Topliss-reactive ketones (excluding diaryl/α,β-unsaturated/α-hetero) is 1. The van der Waals surface area contributed by atoms with Crippen molar-refractivity contribution in [1.82, 2.24) is 9.78 Å². The molecule has 0 amide bonds. The highest BCUT2D eigenvalue weighted by Gasteiger charge is 2.32. The predicted octanol–water partition coefficient (Wildman–Crippen LogP) is 1.62. The maximum absolute atomic E-state index is 12.0. The number of aromatic nitrogens is 2. The summed E-state index contributed by atoms with van der Waals surface area (Å²) in [5, 5.41) is 3.93. The first-order chi connectivity index (χ1) is 7.41. The molecule has 0 saturated heterocycles. The zero-order valence-electron chi connectivity index (χ0n) is 9.65. The fourth-order valence-corrected chi connectivity index (χ4v) is 1.67. The van der Waals surface area contributed by atoms with E-state index in [9.17, 15) is 9.59 Å². The lowest BCUT2D eigenvalue weighted by molar-refractivity contribution is -0.122. The van der Waals surface area contributed by atoms with Gasteiger partial charge in [-0.3, -0.25) is 9.59 Å². The van der Waals surface area contributed by atoms with Gasteiger partial charge in [0.15, 0.2) is 5.78 Å². The molecule has 1 aliphatic heterocycles. The lowest BCUT2D eigenvalue weighted by Gasteiger charge is -2.20. The Labute approximate surface area is 94.0 Å². The van der Waals surface area contributed by atoms with Crippen LogP contribution in [0.4, 0.5) is 0 Å². The second-order valence-electron chi connectivity index (χ2n) is 4.94. The standard InChI is InChI=1S/C12H14N2O2/c1-12(2,3)10(15)9-5-4-8-6-7-13-14(8)11(9)16/h5-7H,4H2,1-3H3. The fourth-order valence-electron chi connectivity index (χ4n) is 1.67. The van der Waals surface area contributed by atoms with E-state index in [0.29, 0.717) is 6.42 Å². The van der Waals surface area contributed by atoms with Gasteiger partial charge in [-0.2, -0.15) is 5.10 Å². The highest BCUT2D eigenvalue weighted by molar-refractivity contribution is 6.22. The maximum Gasteiger partial charge on any atom is 0.281 e. The Hall–Kier alpha value is -1.71. The van der Waals surface area contributed by atoms with E-state index in [0.717, 1.165) is 5.69 Å². The summed E-state index contributed by atoms with van der Waals surface area (Å²) in [7, 11) is 0. The van der Waals surface area contributed by atoms with E-state index in [4.69, 9.17) is 0 Å². The van der Waals surface area contributed by atoms with Crippen LogP contribution >= 0.6 is 0 Å². The van der Waals surface area contributed by atoms with Crippen molar-refractivity contribution in [2.24, 2.45) is 5.41 Å². The van der Waals surface area contributed by atoms with E-state index in [1.807, 2.05) is 20.8 Å². The molecule has 1 aromatic heterocycles. The minimum atomic E-state index is -0.536. The minimum Gasteiger partial charge on any atom is -0.293 e. The molecule has 0 saturated carbocycles. The number of hydrogen-bond donors (Lipinski definition) is 0. The number of fused-ring (bicyclic) bond motifs is 1. The smallest absolute Gasteiger partial charge is 0.281 e. The monoisotopic (exact) mass is 218 g/mol. The summed E-state index contributed by atoms with van der Waals surface area (Å²) in [6.07, 6.45) is 3.86. The molecule has 0 aliphatic carbocycles. The molecule has 0 radical (unpaired) electrons. The largest absolute Gasteiger partial charge is 0.293 e. The van der Waals surface area contributed by atoms with Crippen LogP contribution in [0.5, 0.6) is 0 Å². The van der Waals surface area contributed by atoms with Gasteiger partial charge in [-0.15, -0.1) is 0 Å². The summed E-state index contributed by atoms with van der Waals surface area (Å²) in [4.78, 5) is 24.0. The molecule has 2 rings (SSSR count). The van der Waals surface area contributed by atoms with Crippen molar-refractivity contribution in [3.63, 3.8) is 0 Å². The lowest BCUT2D eigenvalue weighted by atomic mass is 9.85. The van der Waals surface area contributed by atoms with Crippen molar-refractivity contribution in [1.29, 1.82) is 0 Å². The van der Waals surface area contributed by atoms with Gasteiger partial charge in [0.05, 0.1) is 11.3 Å². The third-order valence-electron chi connectivity index (χ3n) is 2.59. The Kier molecular flexibility index (Phi) is 2.30. The summed E-state index contributed by atoms with van der Waals surface area (Å²) >= 11 is 0. The van der Waals surface area contributed by atoms with Gasteiger partial charge in [0.1, 0.15) is 0 Å². The Balaban J connectivity index is 2.37. The van der Waals surface area contributed by atoms with Crippen LogP contribution in [-0.2, 0) is 11.2 Å². The summed E-state index contributed by atoms with van der Waals surface area (Å²) < 4.78 is 1.30. The van der Waals surface area contributed by atoms with Crippen molar-refractivity contribution in [2.75, 3.05) is 0 Å². The van der Waals surface area contributed by atoms with Crippen LogP contribution in [0.2, 0.25) is 0 Å². The second-order valence-corrected chi connectivity index (χ2v) is 4.94. The average molecular weight is 218 g/mol. The summed E-state index contributed by atoms with van der Waals surface area (Å²) in [6.45, 7) is 5.42. The summed E-state index contributed by atoms with van der Waals surface area (Å²) in [5.41, 5.74) is 0.547. The molecular formula is C12H14N2O2. The van der Waals surface area contributed by atoms with Crippen LogP contribution in [0.1, 0.15) is 31.3 Å². The number of allylic oxidation sites excluding steroid dienone is 2. The maximum atomic E-state index is 12.0. The van der Waals surface area contributed by atoms with Crippen LogP contribution in [0, 0.1) is 5.41 Å². The minimum absolute atomic E-state index is 0.126. The first-order valence-electron chi connectivity index (χ1n) is 5.24. The molecule has 0 atom stereocenters. The third-order valence-corrected chi connectivity index (χ3v) is 2.59. The molecule has 0 unspecified atom stereocenters. The van der Waals surface area contributed by atoms with Gasteiger partial charge in [0, 0.05) is 18.0 Å². The van der Waals surface area contributed by atoms with Gasteiger partial charge in [-0.1, -0.05) is 26.8 Å². The molecule has 4 heteroatoms. The van der Waals surface area contributed by atoms with Gasteiger partial charge in [-0.25, -0.2) is 4.68 Å². The molecule has 1 aliphatic rings. The van der Waals surface area contributed by atoms with E-state index < -0.39 is 5.41 Å². The second kappa shape index (κ2) is 3.40. The lowest BCUT2D eigenvalue weighted by Crippen LogP contribution is -2.32. The topological polar surface area (TPSA) is 52.0 Å². The average Bonchev–Trinajstić information content (AvgIpc) is 2.64. The van der Waals surface area contributed by atoms with Gasteiger partial charge in [-0.05, 0) is 6.07 Å². The zero-order valence-corrected chi connectivity index (χ0v) is 9.65. The zero-order chi connectivity index (χ0) is 11.9. The normalized spacial score (nSPS) is 15.7. The molecular weight excluding hydrogens is 204 g/mol. The Morgan fingerprint density at radius 3 is 2.75 bits per heavy atom. The van der Waals surface area contributed by atoms with Crippen molar-refractivity contribution < 1.29 is 9.59 Å². The van der Waals surface area contributed by atoms with E-state index in [1.165, 1.54) is 4.68 Å². The van der Waals surface area contributed by atoms with Crippen LogP contribution < -0.4 is 0 Å². The van der Waals surface area contributed by atoms with Gasteiger partial charge in [0.2, 0.25) is 0 Å². The Morgan fingerprint density at radius 2 is 2.12 bits per heavy atom.